The molecule has 2 aromatic carbocycles. The maximum atomic E-state index is 13.2. The van der Waals surface area contributed by atoms with Gasteiger partial charge in [0.2, 0.25) is 5.91 Å². The van der Waals surface area contributed by atoms with Crippen molar-refractivity contribution in [2.45, 2.75) is 13.3 Å². The Bertz CT molecular complexity index is 864. The van der Waals surface area contributed by atoms with Gasteiger partial charge in [0.25, 0.3) is 5.91 Å². The summed E-state index contributed by atoms with van der Waals surface area (Å²) in [5, 5.41) is 2.74. The highest BCUT2D eigenvalue weighted by atomic mass is 19.1. The summed E-state index contributed by atoms with van der Waals surface area (Å²) in [6.45, 7) is 2.60. The van der Waals surface area contributed by atoms with Crippen molar-refractivity contribution in [2.24, 2.45) is 0 Å². The van der Waals surface area contributed by atoms with E-state index in [0.29, 0.717) is 29.2 Å². The Labute approximate surface area is 151 Å². The lowest BCUT2D eigenvalue weighted by atomic mass is 10.2. The summed E-state index contributed by atoms with van der Waals surface area (Å²) < 4.78 is 18.6. The summed E-state index contributed by atoms with van der Waals surface area (Å²) in [5.74, 6) is -0.192. The molecule has 3 rings (SSSR count). The lowest BCUT2D eigenvalue weighted by molar-refractivity contribution is -0.121. The van der Waals surface area contributed by atoms with Crippen molar-refractivity contribution in [3.8, 4) is 5.75 Å². The summed E-state index contributed by atoms with van der Waals surface area (Å²) in [7, 11) is 0. The van der Waals surface area contributed by atoms with Gasteiger partial charge in [-0.15, -0.1) is 0 Å². The molecule has 0 fully saturated rings. The number of benzene rings is 2. The first-order valence-corrected chi connectivity index (χ1v) is 8.38. The van der Waals surface area contributed by atoms with E-state index in [1.165, 1.54) is 24.3 Å². The summed E-state index contributed by atoms with van der Waals surface area (Å²) in [5.41, 5.74) is 1.80. The van der Waals surface area contributed by atoms with Gasteiger partial charge in [-0.1, -0.05) is 19.1 Å². The molecule has 0 unspecified atom stereocenters. The first kappa shape index (κ1) is 17.7. The number of ether oxygens (including phenoxy) is 1. The molecule has 0 atom stereocenters. The second-order valence-electron chi connectivity index (χ2n) is 5.89. The zero-order valence-corrected chi connectivity index (χ0v) is 14.4. The van der Waals surface area contributed by atoms with Crippen molar-refractivity contribution in [3.05, 3.63) is 59.9 Å². The van der Waals surface area contributed by atoms with E-state index in [0.717, 1.165) is 6.42 Å². The van der Waals surface area contributed by atoms with Crippen molar-refractivity contribution >= 4 is 29.3 Å². The van der Waals surface area contributed by atoms with Gasteiger partial charge in [0.1, 0.15) is 11.6 Å². The SMILES string of the molecule is CCCN1C(=O)COc2ccc(NC(=O)/C=C/c3cccc(F)c3)cc21. The van der Waals surface area contributed by atoms with Crippen molar-refractivity contribution in [1.29, 1.82) is 0 Å². The Morgan fingerprint density at radius 3 is 2.92 bits per heavy atom. The molecule has 0 aromatic heterocycles. The molecular formula is C20H19FN2O3. The Morgan fingerprint density at radius 1 is 1.31 bits per heavy atom. The number of rotatable bonds is 5. The quantitative estimate of drug-likeness (QED) is 0.835. The number of amides is 2. The molecule has 1 aliphatic rings. The maximum Gasteiger partial charge on any atom is 0.265 e. The minimum absolute atomic E-state index is 0.0229. The zero-order chi connectivity index (χ0) is 18.5. The van der Waals surface area contributed by atoms with Crippen molar-refractivity contribution < 1.29 is 18.7 Å². The van der Waals surface area contributed by atoms with E-state index in [2.05, 4.69) is 5.32 Å². The molecule has 134 valence electrons. The highest BCUT2D eigenvalue weighted by molar-refractivity contribution is 6.03. The van der Waals surface area contributed by atoms with Crippen molar-refractivity contribution in [2.75, 3.05) is 23.4 Å². The van der Waals surface area contributed by atoms with E-state index < -0.39 is 0 Å². The van der Waals surface area contributed by atoms with Gasteiger partial charge < -0.3 is 15.0 Å². The Hall–Kier alpha value is -3.15. The van der Waals surface area contributed by atoms with Crippen LogP contribution in [0.4, 0.5) is 15.8 Å². The van der Waals surface area contributed by atoms with E-state index in [4.69, 9.17) is 4.74 Å². The molecule has 0 aliphatic carbocycles. The van der Waals surface area contributed by atoms with Gasteiger partial charge in [-0.2, -0.15) is 0 Å². The Balaban J connectivity index is 1.74. The van der Waals surface area contributed by atoms with Gasteiger partial charge in [-0.25, -0.2) is 4.39 Å². The minimum atomic E-state index is -0.358. The van der Waals surface area contributed by atoms with Gasteiger partial charge in [-0.3, -0.25) is 9.59 Å². The van der Waals surface area contributed by atoms with Crippen LogP contribution >= 0.6 is 0 Å². The molecule has 1 aliphatic heterocycles. The second kappa shape index (κ2) is 7.82. The molecule has 6 heteroatoms. The fraction of sp³-hybridized carbons (Fsp3) is 0.200. The van der Waals surface area contributed by atoms with Crippen LogP contribution in [0.5, 0.6) is 5.75 Å². The number of nitrogens with zero attached hydrogens (tertiary/aromatic N) is 1. The van der Waals surface area contributed by atoms with Crippen LogP contribution < -0.4 is 15.0 Å². The number of hydrogen-bond donors (Lipinski definition) is 1. The third kappa shape index (κ3) is 4.08. The second-order valence-corrected chi connectivity index (χ2v) is 5.89. The predicted molar refractivity (Wildman–Crippen MR) is 98.6 cm³/mol. The molecule has 2 aromatic rings. The van der Waals surface area contributed by atoms with Crippen LogP contribution in [0.1, 0.15) is 18.9 Å². The van der Waals surface area contributed by atoms with Crippen LogP contribution in [0.2, 0.25) is 0 Å². The van der Waals surface area contributed by atoms with E-state index in [-0.39, 0.29) is 24.2 Å². The van der Waals surface area contributed by atoms with E-state index in [9.17, 15) is 14.0 Å². The highest BCUT2D eigenvalue weighted by Gasteiger charge is 2.25. The Kier molecular flexibility index (Phi) is 5.31. The third-order valence-corrected chi connectivity index (χ3v) is 3.89. The largest absolute Gasteiger partial charge is 0.482 e. The van der Waals surface area contributed by atoms with E-state index >= 15 is 0 Å². The number of nitrogens with one attached hydrogen (secondary N) is 1. The number of halogens is 1. The lowest BCUT2D eigenvalue weighted by Gasteiger charge is -2.29. The topological polar surface area (TPSA) is 58.6 Å². The van der Waals surface area contributed by atoms with E-state index in [1.54, 1.807) is 35.2 Å². The van der Waals surface area contributed by atoms with Gasteiger partial charge in [0.05, 0.1) is 5.69 Å². The summed E-state index contributed by atoms with van der Waals surface area (Å²) in [4.78, 5) is 25.8. The van der Waals surface area contributed by atoms with Gasteiger partial charge in [0.15, 0.2) is 6.61 Å². The standard InChI is InChI=1S/C20H19FN2O3/c1-2-10-23-17-12-16(7-8-18(17)26-13-20(23)25)22-19(24)9-6-14-4-3-5-15(21)11-14/h3-9,11-12H,2,10,13H2,1H3,(H,22,24)/b9-6+. The monoisotopic (exact) mass is 354 g/mol. The molecule has 0 saturated heterocycles. The van der Waals surface area contributed by atoms with Crippen molar-refractivity contribution in [1.82, 2.24) is 0 Å². The van der Waals surface area contributed by atoms with Gasteiger partial charge >= 0.3 is 0 Å². The molecule has 5 nitrogen and oxygen atoms in total. The summed E-state index contributed by atoms with van der Waals surface area (Å²) >= 11 is 0. The van der Waals surface area contributed by atoms with Crippen LogP contribution in [0.25, 0.3) is 6.08 Å². The molecule has 0 spiro atoms. The van der Waals surface area contributed by atoms with Crippen LogP contribution in [0.15, 0.2) is 48.5 Å². The molecule has 1 N–H and O–H groups in total. The molecule has 0 radical (unpaired) electrons. The van der Waals surface area contributed by atoms with Gasteiger partial charge in [0, 0.05) is 18.3 Å². The number of carbonyl (C=O) groups is 2. The van der Waals surface area contributed by atoms with Gasteiger partial charge in [-0.05, 0) is 48.4 Å². The molecule has 0 saturated carbocycles. The molecule has 1 heterocycles. The maximum absolute atomic E-state index is 13.2. The Morgan fingerprint density at radius 2 is 2.15 bits per heavy atom. The number of anilines is 2. The summed E-state index contributed by atoms with van der Waals surface area (Å²) in [6.07, 6.45) is 3.69. The summed E-state index contributed by atoms with van der Waals surface area (Å²) in [6, 6.07) is 11.1. The number of fused-ring (bicyclic) bond motifs is 1. The average Bonchev–Trinajstić information content (AvgIpc) is 2.63. The van der Waals surface area contributed by atoms with Crippen molar-refractivity contribution in [3.63, 3.8) is 0 Å². The van der Waals surface area contributed by atoms with E-state index in [1.807, 2.05) is 6.92 Å². The molecule has 0 bridgehead atoms. The molecular weight excluding hydrogens is 335 g/mol. The zero-order valence-electron chi connectivity index (χ0n) is 14.4. The third-order valence-electron chi connectivity index (χ3n) is 3.89. The first-order valence-electron chi connectivity index (χ1n) is 8.38. The fourth-order valence-corrected chi connectivity index (χ4v) is 2.71. The lowest BCUT2D eigenvalue weighted by Crippen LogP contribution is -2.39. The smallest absolute Gasteiger partial charge is 0.265 e. The van der Waals surface area contributed by atoms with Crippen LogP contribution in [0.3, 0.4) is 0 Å². The predicted octanol–water partition coefficient (Wildman–Crippen LogP) is 3.61. The van der Waals surface area contributed by atoms with Crippen LogP contribution in [0, 0.1) is 5.82 Å². The number of carbonyl (C=O) groups excluding carboxylic acids is 2. The average molecular weight is 354 g/mol. The highest BCUT2D eigenvalue weighted by Crippen LogP contribution is 2.34. The molecule has 26 heavy (non-hydrogen) atoms. The van der Waals surface area contributed by atoms with Crippen LogP contribution in [-0.4, -0.2) is 25.0 Å². The fourth-order valence-electron chi connectivity index (χ4n) is 2.71. The normalized spacial score (nSPS) is 13.5. The van der Waals surface area contributed by atoms with Crippen LogP contribution in [-0.2, 0) is 9.59 Å². The number of hydrogen-bond acceptors (Lipinski definition) is 3. The first-order chi connectivity index (χ1) is 12.6. The molecule has 2 amide bonds. The minimum Gasteiger partial charge on any atom is -0.482 e.